The molecule has 1 unspecified atom stereocenters. The second-order valence-electron chi connectivity index (χ2n) is 7.82. The molecule has 0 aliphatic carbocycles. The van der Waals surface area contributed by atoms with Gasteiger partial charge in [-0.1, -0.05) is 18.2 Å². The Morgan fingerprint density at radius 3 is 2.61 bits per heavy atom. The largest absolute Gasteiger partial charge is 0.494 e. The summed E-state index contributed by atoms with van der Waals surface area (Å²) < 4.78 is 14.4. The molecule has 158 valence electrons. The van der Waals surface area contributed by atoms with Gasteiger partial charge in [0, 0.05) is 17.3 Å². The second-order valence-corrected chi connectivity index (χ2v) is 7.82. The van der Waals surface area contributed by atoms with Crippen LogP contribution in [0.25, 0.3) is 16.6 Å². The first kappa shape index (κ1) is 19.3. The fourth-order valence-corrected chi connectivity index (χ4v) is 4.73. The minimum Gasteiger partial charge on any atom is -0.494 e. The van der Waals surface area contributed by atoms with Gasteiger partial charge in [0.2, 0.25) is 5.88 Å². The minimum absolute atomic E-state index is 0.119. The Morgan fingerprint density at radius 2 is 1.87 bits per heavy atom. The molecule has 2 aromatic heterocycles. The molecular weight excluding hydrogens is 399 g/mol. The van der Waals surface area contributed by atoms with Crippen LogP contribution in [-0.2, 0) is 6.42 Å². The number of H-pyrrole nitrogens is 2. The van der Waals surface area contributed by atoms with Gasteiger partial charge in [-0.3, -0.25) is 9.78 Å². The molecule has 0 bridgehead atoms. The summed E-state index contributed by atoms with van der Waals surface area (Å²) in [6.45, 7) is 3.54. The van der Waals surface area contributed by atoms with Gasteiger partial charge in [-0.05, 0) is 42.8 Å². The normalized spacial score (nSPS) is 18.3. The fourth-order valence-electron chi connectivity index (χ4n) is 4.73. The van der Waals surface area contributed by atoms with Gasteiger partial charge in [-0.2, -0.15) is 0 Å². The first-order valence-electron chi connectivity index (χ1n) is 10.3. The number of halogens is 1. The molecule has 1 aliphatic heterocycles. The Morgan fingerprint density at radius 1 is 1.13 bits per heavy atom. The van der Waals surface area contributed by atoms with Gasteiger partial charge in [0.05, 0.1) is 24.5 Å². The van der Waals surface area contributed by atoms with E-state index in [1.54, 1.807) is 0 Å². The van der Waals surface area contributed by atoms with Gasteiger partial charge < -0.3 is 15.0 Å². The lowest BCUT2D eigenvalue weighted by Gasteiger charge is -2.32. The molecule has 0 fully saturated rings. The Kier molecular flexibility index (Phi) is 4.51. The average molecular weight is 421 g/mol. The summed E-state index contributed by atoms with van der Waals surface area (Å²) in [4.78, 5) is 32.4. The number of aromatic amines is 2. The predicted molar refractivity (Wildman–Crippen MR) is 114 cm³/mol. The highest BCUT2D eigenvalue weighted by atomic mass is 19.1. The molecule has 8 heteroatoms. The van der Waals surface area contributed by atoms with Crippen molar-refractivity contribution in [3.8, 4) is 11.6 Å². The van der Waals surface area contributed by atoms with Gasteiger partial charge >= 0.3 is 5.69 Å². The molecule has 7 nitrogen and oxygen atoms in total. The number of aromatic hydroxyl groups is 1. The maximum Gasteiger partial charge on any atom is 0.335 e. The highest BCUT2D eigenvalue weighted by Gasteiger charge is 2.39. The Balaban J connectivity index is 1.78. The van der Waals surface area contributed by atoms with E-state index in [2.05, 4.69) is 9.97 Å². The summed E-state index contributed by atoms with van der Waals surface area (Å²) >= 11 is 0. The Bertz CT molecular complexity index is 1400. The third-order valence-electron chi connectivity index (χ3n) is 6.19. The number of hydrogen-bond acceptors (Lipinski definition) is 3. The first-order chi connectivity index (χ1) is 15.0. The van der Waals surface area contributed by atoms with Crippen molar-refractivity contribution in [1.82, 2.24) is 14.5 Å². The number of para-hydroxylation sites is 1. The van der Waals surface area contributed by atoms with E-state index in [9.17, 15) is 19.1 Å². The zero-order chi connectivity index (χ0) is 21.7. The SMILES string of the molecule is CC[NH+]1CCc2c([nH]c3ccccc23)[C@H]1c1c(O)n(-c2ccc(F)cc2)c(=O)[nH]c1=O. The van der Waals surface area contributed by atoms with Gasteiger partial charge in [0.15, 0.2) is 6.04 Å². The van der Waals surface area contributed by atoms with Crippen LogP contribution in [-0.4, -0.2) is 32.7 Å². The van der Waals surface area contributed by atoms with E-state index in [4.69, 9.17) is 0 Å². The number of benzene rings is 2. The van der Waals surface area contributed by atoms with Crippen LogP contribution >= 0.6 is 0 Å². The van der Waals surface area contributed by atoms with Gasteiger partial charge in [-0.15, -0.1) is 0 Å². The van der Waals surface area contributed by atoms with Gasteiger partial charge in [0.25, 0.3) is 5.56 Å². The number of nitrogens with zero attached hydrogens (tertiary/aromatic N) is 1. The molecule has 3 heterocycles. The fraction of sp³-hybridized carbons (Fsp3) is 0.217. The van der Waals surface area contributed by atoms with E-state index in [0.29, 0.717) is 0 Å². The lowest BCUT2D eigenvalue weighted by atomic mass is 9.93. The molecule has 0 saturated heterocycles. The number of fused-ring (bicyclic) bond motifs is 3. The van der Waals surface area contributed by atoms with Crippen LogP contribution in [0.15, 0.2) is 58.1 Å². The Labute approximate surface area is 176 Å². The molecule has 1 aliphatic rings. The lowest BCUT2D eigenvalue weighted by molar-refractivity contribution is -0.926. The first-order valence-corrected chi connectivity index (χ1v) is 10.3. The van der Waals surface area contributed by atoms with Gasteiger partial charge in [-0.25, -0.2) is 13.8 Å². The standard InChI is InChI=1S/C23H21FN4O3/c1-2-27-12-11-16-15-5-3-4-6-17(15)25-19(16)20(27)18-21(29)26-23(31)28(22(18)30)14-9-7-13(24)8-10-14/h3-10,20,25,30H,2,11-12H2,1H3,(H,26,29,31)/p+1/t20-/m1/s1. The van der Waals surface area contributed by atoms with Gasteiger partial charge in [0.1, 0.15) is 11.4 Å². The number of quaternary nitrogens is 1. The van der Waals surface area contributed by atoms with E-state index >= 15 is 0 Å². The van der Waals surface area contributed by atoms with Crippen LogP contribution in [0.3, 0.4) is 0 Å². The average Bonchev–Trinajstić information content (AvgIpc) is 3.14. The van der Waals surface area contributed by atoms with Crippen LogP contribution in [0.1, 0.15) is 29.8 Å². The number of rotatable bonds is 3. The monoisotopic (exact) mass is 421 g/mol. The molecule has 4 N–H and O–H groups in total. The highest BCUT2D eigenvalue weighted by Crippen LogP contribution is 2.33. The summed E-state index contributed by atoms with van der Waals surface area (Å²) in [5, 5.41) is 12.3. The molecule has 2 atom stereocenters. The summed E-state index contributed by atoms with van der Waals surface area (Å²) in [6.07, 6.45) is 0.843. The van der Waals surface area contributed by atoms with Crippen LogP contribution in [0.2, 0.25) is 0 Å². The summed E-state index contributed by atoms with van der Waals surface area (Å²) in [7, 11) is 0. The van der Waals surface area contributed by atoms with Crippen molar-refractivity contribution in [3.05, 3.63) is 92.0 Å². The van der Waals surface area contributed by atoms with Crippen LogP contribution in [0, 0.1) is 5.82 Å². The van der Waals surface area contributed by atoms with E-state index < -0.39 is 29.0 Å². The quantitative estimate of drug-likeness (QED) is 0.403. The third kappa shape index (κ3) is 2.98. The van der Waals surface area contributed by atoms with E-state index in [0.717, 1.165) is 51.1 Å². The molecule has 31 heavy (non-hydrogen) atoms. The van der Waals surface area contributed by atoms with Crippen molar-refractivity contribution in [1.29, 1.82) is 0 Å². The third-order valence-corrected chi connectivity index (χ3v) is 6.19. The number of nitrogens with one attached hydrogen (secondary N) is 3. The Hall–Kier alpha value is -3.65. The van der Waals surface area contributed by atoms with Crippen molar-refractivity contribution >= 4 is 10.9 Å². The van der Waals surface area contributed by atoms with Crippen molar-refractivity contribution in [3.63, 3.8) is 0 Å². The molecule has 4 aromatic rings. The van der Waals surface area contributed by atoms with E-state index in [1.165, 1.54) is 24.3 Å². The molecule has 0 saturated carbocycles. The van der Waals surface area contributed by atoms with Crippen molar-refractivity contribution < 1.29 is 14.4 Å². The smallest absolute Gasteiger partial charge is 0.335 e. The highest BCUT2D eigenvalue weighted by molar-refractivity contribution is 5.85. The van der Waals surface area contributed by atoms with Crippen LogP contribution in [0.5, 0.6) is 5.88 Å². The van der Waals surface area contributed by atoms with E-state index in [-0.39, 0.29) is 11.3 Å². The lowest BCUT2D eigenvalue weighted by Crippen LogP contribution is -3.13. The van der Waals surface area contributed by atoms with E-state index in [1.807, 2.05) is 31.2 Å². The molecule has 0 spiro atoms. The minimum atomic E-state index is -0.774. The maximum atomic E-state index is 13.4. The molecule has 5 rings (SSSR count). The zero-order valence-electron chi connectivity index (χ0n) is 16.9. The maximum absolute atomic E-state index is 13.4. The number of aromatic nitrogens is 3. The molecular formula is C23H22FN4O3+. The predicted octanol–water partition coefficient (Wildman–Crippen LogP) is 1.40. The summed E-state index contributed by atoms with van der Waals surface area (Å²) in [5.74, 6) is -0.889. The number of likely N-dealkylation sites (N-methyl/N-ethyl adjacent to an activating group) is 1. The molecule has 0 radical (unpaired) electrons. The molecule has 0 amide bonds. The van der Waals surface area contributed by atoms with Crippen molar-refractivity contribution in [2.75, 3.05) is 13.1 Å². The number of hydrogen-bond donors (Lipinski definition) is 4. The van der Waals surface area contributed by atoms with Crippen LogP contribution in [0.4, 0.5) is 4.39 Å². The summed E-state index contributed by atoms with van der Waals surface area (Å²) in [5.41, 5.74) is 1.95. The topological polar surface area (TPSA) is 95.3 Å². The van der Waals surface area contributed by atoms with Crippen molar-refractivity contribution in [2.45, 2.75) is 19.4 Å². The second kappa shape index (κ2) is 7.24. The van der Waals surface area contributed by atoms with Crippen LogP contribution < -0.4 is 16.1 Å². The summed E-state index contributed by atoms with van der Waals surface area (Å²) in [6, 6.07) is 12.7. The molecule has 2 aromatic carbocycles. The van der Waals surface area contributed by atoms with Crippen molar-refractivity contribution in [2.24, 2.45) is 0 Å². The zero-order valence-corrected chi connectivity index (χ0v) is 16.9.